The standard InChI is InChI=1S/C15H24O/c1-13(2)7-6-8-15(5)10-12-16-11-9-14(3)4/h7,9-11H,3,6,8,12H2,1-2,4-5H3/b11-9+,15-10+. The van der Waals surface area contributed by atoms with Crippen LogP contribution in [0.2, 0.25) is 0 Å². The van der Waals surface area contributed by atoms with Crippen LogP contribution in [0.5, 0.6) is 0 Å². The summed E-state index contributed by atoms with van der Waals surface area (Å²) in [6.45, 7) is 12.7. The third kappa shape index (κ3) is 10.8. The number of allylic oxidation sites excluding steroid dienone is 5. The predicted octanol–water partition coefficient (Wildman–Crippen LogP) is 4.79. The zero-order valence-corrected chi connectivity index (χ0v) is 11.0. The molecule has 0 aromatic carbocycles. The molecule has 0 N–H and O–H groups in total. The molecule has 16 heavy (non-hydrogen) atoms. The zero-order chi connectivity index (χ0) is 12.4. The lowest BCUT2D eigenvalue weighted by Gasteiger charge is -2.00. The fraction of sp³-hybridized carbons (Fsp3) is 0.467. The summed E-state index contributed by atoms with van der Waals surface area (Å²) in [6, 6.07) is 0. The van der Waals surface area contributed by atoms with E-state index in [1.165, 1.54) is 11.1 Å². The van der Waals surface area contributed by atoms with Crippen molar-refractivity contribution < 1.29 is 4.74 Å². The Balaban J connectivity index is 3.71. The summed E-state index contributed by atoms with van der Waals surface area (Å²) in [6.07, 6.45) is 10.2. The van der Waals surface area contributed by atoms with Crippen molar-refractivity contribution in [2.45, 2.75) is 40.5 Å². The van der Waals surface area contributed by atoms with E-state index in [9.17, 15) is 0 Å². The van der Waals surface area contributed by atoms with E-state index in [-0.39, 0.29) is 0 Å². The van der Waals surface area contributed by atoms with Gasteiger partial charge in [0.05, 0.1) is 6.26 Å². The van der Waals surface area contributed by atoms with Crippen molar-refractivity contribution in [3.8, 4) is 0 Å². The minimum absolute atomic E-state index is 0.643. The van der Waals surface area contributed by atoms with Gasteiger partial charge in [-0.1, -0.05) is 29.4 Å². The summed E-state index contributed by atoms with van der Waals surface area (Å²) in [5.41, 5.74) is 3.76. The highest BCUT2D eigenvalue weighted by molar-refractivity contribution is 5.08. The van der Waals surface area contributed by atoms with Gasteiger partial charge in [0.15, 0.2) is 0 Å². The summed E-state index contributed by atoms with van der Waals surface area (Å²) in [7, 11) is 0. The normalized spacial score (nSPS) is 11.6. The van der Waals surface area contributed by atoms with Gasteiger partial charge in [0.25, 0.3) is 0 Å². The van der Waals surface area contributed by atoms with E-state index in [0.717, 1.165) is 18.4 Å². The Hall–Kier alpha value is -1.24. The maximum atomic E-state index is 5.31. The average Bonchev–Trinajstić information content (AvgIpc) is 2.16. The van der Waals surface area contributed by atoms with Gasteiger partial charge in [-0.15, -0.1) is 0 Å². The molecule has 0 aliphatic heterocycles. The average molecular weight is 220 g/mol. The Labute approximate surface area is 100 Å². The van der Waals surface area contributed by atoms with Crippen LogP contribution < -0.4 is 0 Å². The molecule has 0 aromatic heterocycles. The molecule has 0 atom stereocenters. The van der Waals surface area contributed by atoms with E-state index in [2.05, 4.69) is 39.5 Å². The topological polar surface area (TPSA) is 9.23 Å². The Morgan fingerprint density at radius 3 is 2.38 bits per heavy atom. The van der Waals surface area contributed by atoms with E-state index in [1.807, 2.05) is 13.0 Å². The van der Waals surface area contributed by atoms with Crippen LogP contribution in [0.1, 0.15) is 40.5 Å². The van der Waals surface area contributed by atoms with E-state index in [1.54, 1.807) is 6.26 Å². The van der Waals surface area contributed by atoms with Crippen LogP contribution in [0, 0.1) is 0 Å². The highest BCUT2D eigenvalue weighted by Crippen LogP contribution is 2.06. The fourth-order valence-corrected chi connectivity index (χ4v) is 1.10. The van der Waals surface area contributed by atoms with Crippen LogP contribution in [-0.2, 0) is 4.74 Å². The summed E-state index contributed by atoms with van der Waals surface area (Å²) in [5, 5.41) is 0. The molecule has 0 spiro atoms. The summed E-state index contributed by atoms with van der Waals surface area (Å²) in [5.74, 6) is 0. The van der Waals surface area contributed by atoms with Crippen molar-refractivity contribution in [2.75, 3.05) is 6.61 Å². The Kier molecular flexibility index (Phi) is 8.32. The van der Waals surface area contributed by atoms with Gasteiger partial charge in [0.1, 0.15) is 6.61 Å². The van der Waals surface area contributed by atoms with E-state index in [0.29, 0.717) is 6.61 Å². The largest absolute Gasteiger partial charge is 0.497 e. The number of hydrogen-bond donors (Lipinski definition) is 0. The van der Waals surface area contributed by atoms with Crippen molar-refractivity contribution in [1.82, 2.24) is 0 Å². The maximum Gasteiger partial charge on any atom is 0.106 e. The minimum atomic E-state index is 0.643. The second-order valence-corrected chi connectivity index (χ2v) is 4.35. The lowest BCUT2D eigenvalue weighted by molar-refractivity contribution is 0.288. The smallest absolute Gasteiger partial charge is 0.106 e. The molecule has 0 aliphatic rings. The Morgan fingerprint density at radius 2 is 1.81 bits per heavy atom. The van der Waals surface area contributed by atoms with Crippen molar-refractivity contribution in [3.05, 3.63) is 47.8 Å². The van der Waals surface area contributed by atoms with Crippen molar-refractivity contribution in [2.24, 2.45) is 0 Å². The maximum absolute atomic E-state index is 5.31. The van der Waals surface area contributed by atoms with Gasteiger partial charge in [0, 0.05) is 0 Å². The van der Waals surface area contributed by atoms with Gasteiger partial charge in [0.2, 0.25) is 0 Å². The number of ether oxygens (including phenoxy) is 1. The highest BCUT2D eigenvalue weighted by Gasteiger charge is 1.88. The monoisotopic (exact) mass is 220 g/mol. The first-order chi connectivity index (χ1) is 7.52. The SMILES string of the molecule is C=C(C)/C=C/OC/C=C(\C)CCC=C(C)C. The molecule has 0 amide bonds. The van der Waals surface area contributed by atoms with Gasteiger partial charge < -0.3 is 4.74 Å². The van der Waals surface area contributed by atoms with Crippen molar-refractivity contribution in [3.63, 3.8) is 0 Å². The lowest BCUT2D eigenvalue weighted by Crippen LogP contribution is -1.85. The minimum Gasteiger partial charge on any atom is -0.497 e. The zero-order valence-electron chi connectivity index (χ0n) is 11.0. The Morgan fingerprint density at radius 1 is 1.12 bits per heavy atom. The van der Waals surface area contributed by atoms with Gasteiger partial charge in [-0.05, 0) is 52.7 Å². The van der Waals surface area contributed by atoms with Gasteiger partial charge in [-0.25, -0.2) is 0 Å². The third-order valence-corrected chi connectivity index (χ3v) is 2.07. The molecular formula is C15H24O. The van der Waals surface area contributed by atoms with Crippen LogP contribution in [0.15, 0.2) is 47.8 Å². The number of hydrogen-bond acceptors (Lipinski definition) is 1. The molecule has 0 fully saturated rings. The van der Waals surface area contributed by atoms with Crippen LogP contribution in [0.4, 0.5) is 0 Å². The molecule has 1 nitrogen and oxygen atoms in total. The quantitative estimate of drug-likeness (QED) is 0.259. The Bertz CT molecular complexity index is 289. The molecule has 0 aromatic rings. The molecule has 0 radical (unpaired) electrons. The van der Waals surface area contributed by atoms with E-state index >= 15 is 0 Å². The first kappa shape index (κ1) is 14.8. The second-order valence-electron chi connectivity index (χ2n) is 4.35. The molecule has 0 bridgehead atoms. The van der Waals surface area contributed by atoms with Crippen LogP contribution in [0.25, 0.3) is 0 Å². The van der Waals surface area contributed by atoms with Crippen LogP contribution in [-0.4, -0.2) is 6.61 Å². The van der Waals surface area contributed by atoms with Gasteiger partial charge >= 0.3 is 0 Å². The van der Waals surface area contributed by atoms with Crippen molar-refractivity contribution >= 4 is 0 Å². The lowest BCUT2D eigenvalue weighted by atomic mass is 10.1. The molecule has 1 heteroatoms. The van der Waals surface area contributed by atoms with Crippen LogP contribution in [0.3, 0.4) is 0 Å². The first-order valence-corrected chi connectivity index (χ1v) is 5.75. The molecular weight excluding hydrogens is 196 g/mol. The third-order valence-electron chi connectivity index (χ3n) is 2.07. The fourth-order valence-electron chi connectivity index (χ4n) is 1.10. The molecule has 0 rings (SSSR count). The molecule has 0 heterocycles. The summed E-state index contributed by atoms with van der Waals surface area (Å²) < 4.78 is 5.31. The van der Waals surface area contributed by atoms with E-state index in [4.69, 9.17) is 4.74 Å². The van der Waals surface area contributed by atoms with Gasteiger partial charge in [-0.3, -0.25) is 0 Å². The summed E-state index contributed by atoms with van der Waals surface area (Å²) >= 11 is 0. The predicted molar refractivity (Wildman–Crippen MR) is 72.3 cm³/mol. The molecule has 0 aliphatic carbocycles. The molecule has 0 saturated carbocycles. The van der Waals surface area contributed by atoms with Crippen LogP contribution >= 0.6 is 0 Å². The number of rotatable bonds is 7. The van der Waals surface area contributed by atoms with Gasteiger partial charge in [-0.2, -0.15) is 0 Å². The second kappa shape index (κ2) is 9.02. The molecule has 90 valence electrons. The van der Waals surface area contributed by atoms with Crippen molar-refractivity contribution in [1.29, 1.82) is 0 Å². The molecule has 0 unspecified atom stereocenters. The first-order valence-electron chi connectivity index (χ1n) is 5.75. The van der Waals surface area contributed by atoms with E-state index < -0.39 is 0 Å². The summed E-state index contributed by atoms with van der Waals surface area (Å²) in [4.78, 5) is 0. The molecule has 0 saturated heterocycles. The highest BCUT2D eigenvalue weighted by atomic mass is 16.5.